The standard InChI is InChI=1S/C7H2Cl2F2N2/c8-4-1-3(7(10)11)5(2-12)13-6(4)9/h1,7H. The van der Waals surface area contributed by atoms with Crippen molar-refractivity contribution in [3.8, 4) is 6.07 Å². The maximum atomic E-state index is 12.2. The summed E-state index contributed by atoms with van der Waals surface area (Å²) in [5.41, 5.74) is -0.902. The number of halogens is 4. The van der Waals surface area contributed by atoms with E-state index < -0.39 is 17.7 Å². The Morgan fingerprint density at radius 3 is 2.54 bits per heavy atom. The van der Waals surface area contributed by atoms with Crippen LogP contribution in [0.5, 0.6) is 0 Å². The highest BCUT2D eigenvalue weighted by atomic mass is 35.5. The quantitative estimate of drug-likeness (QED) is 0.685. The van der Waals surface area contributed by atoms with Crippen LogP contribution in [0.1, 0.15) is 17.7 Å². The van der Waals surface area contributed by atoms with E-state index in [4.69, 9.17) is 28.5 Å². The van der Waals surface area contributed by atoms with Crippen molar-refractivity contribution >= 4 is 23.2 Å². The number of alkyl halides is 2. The summed E-state index contributed by atoms with van der Waals surface area (Å²) >= 11 is 10.9. The van der Waals surface area contributed by atoms with E-state index in [9.17, 15) is 8.78 Å². The van der Waals surface area contributed by atoms with Gasteiger partial charge in [-0.15, -0.1) is 0 Å². The van der Waals surface area contributed by atoms with Gasteiger partial charge in [-0.3, -0.25) is 0 Å². The van der Waals surface area contributed by atoms with Crippen LogP contribution in [0.4, 0.5) is 8.78 Å². The van der Waals surface area contributed by atoms with E-state index in [0.717, 1.165) is 6.07 Å². The van der Waals surface area contributed by atoms with E-state index in [2.05, 4.69) is 4.98 Å². The SMILES string of the molecule is N#Cc1nc(Cl)c(Cl)cc1C(F)F. The molecule has 1 aromatic rings. The van der Waals surface area contributed by atoms with Gasteiger partial charge in [-0.25, -0.2) is 13.8 Å². The predicted octanol–water partition coefficient (Wildman–Crippen LogP) is 3.20. The molecule has 6 heteroatoms. The Bertz CT molecular complexity index is 373. The summed E-state index contributed by atoms with van der Waals surface area (Å²) in [4.78, 5) is 3.40. The van der Waals surface area contributed by atoms with Gasteiger partial charge >= 0.3 is 0 Å². The predicted molar refractivity (Wildman–Crippen MR) is 43.9 cm³/mol. The molecule has 1 heterocycles. The highest BCUT2D eigenvalue weighted by Gasteiger charge is 2.16. The second-order valence-electron chi connectivity index (χ2n) is 2.11. The number of aromatic nitrogens is 1. The Balaban J connectivity index is 3.35. The zero-order valence-electron chi connectivity index (χ0n) is 6.06. The number of nitrogens with zero attached hydrogens (tertiary/aromatic N) is 2. The van der Waals surface area contributed by atoms with Crippen molar-refractivity contribution in [2.75, 3.05) is 0 Å². The minimum Gasteiger partial charge on any atom is -0.223 e. The molecule has 0 fully saturated rings. The molecular formula is C7H2Cl2F2N2. The molecule has 0 amide bonds. The van der Waals surface area contributed by atoms with Crippen LogP contribution in [-0.4, -0.2) is 4.98 Å². The van der Waals surface area contributed by atoms with Crippen LogP contribution in [0, 0.1) is 11.3 Å². The molecule has 0 aliphatic carbocycles. The van der Waals surface area contributed by atoms with E-state index in [-0.39, 0.29) is 10.2 Å². The fraction of sp³-hybridized carbons (Fsp3) is 0.143. The molecule has 0 N–H and O–H groups in total. The van der Waals surface area contributed by atoms with Crippen LogP contribution in [0.25, 0.3) is 0 Å². The summed E-state index contributed by atoms with van der Waals surface area (Å²) in [5, 5.41) is 8.20. The second-order valence-corrected chi connectivity index (χ2v) is 2.88. The lowest BCUT2D eigenvalue weighted by Crippen LogP contribution is -1.95. The first-order chi connectivity index (χ1) is 6.06. The molecule has 0 aromatic carbocycles. The minimum atomic E-state index is -2.78. The van der Waals surface area contributed by atoms with Crippen LogP contribution < -0.4 is 0 Å². The molecule has 0 radical (unpaired) electrons. The zero-order valence-corrected chi connectivity index (χ0v) is 7.57. The van der Waals surface area contributed by atoms with Gasteiger partial charge in [0.15, 0.2) is 5.69 Å². The van der Waals surface area contributed by atoms with Crippen molar-refractivity contribution in [3.05, 3.63) is 27.5 Å². The maximum absolute atomic E-state index is 12.2. The van der Waals surface area contributed by atoms with Crippen molar-refractivity contribution in [2.24, 2.45) is 0 Å². The van der Waals surface area contributed by atoms with Crippen LogP contribution >= 0.6 is 23.2 Å². The molecule has 1 rings (SSSR count). The smallest absolute Gasteiger partial charge is 0.223 e. The molecule has 0 aliphatic rings. The molecule has 0 unspecified atom stereocenters. The van der Waals surface area contributed by atoms with E-state index in [0.29, 0.717) is 0 Å². The molecule has 0 saturated carbocycles. The van der Waals surface area contributed by atoms with Gasteiger partial charge in [0.2, 0.25) is 0 Å². The molecule has 2 nitrogen and oxygen atoms in total. The Hall–Kier alpha value is -0.920. The first-order valence-corrected chi connectivity index (χ1v) is 3.86. The third-order valence-corrected chi connectivity index (χ3v) is 1.98. The fourth-order valence-electron chi connectivity index (χ4n) is 0.736. The fourth-order valence-corrected chi connectivity index (χ4v) is 1.04. The van der Waals surface area contributed by atoms with E-state index in [1.165, 1.54) is 6.07 Å². The molecular weight excluding hydrogens is 221 g/mol. The highest BCUT2D eigenvalue weighted by molar-refractivity contribution is 6.41. The first kappa shape index (κ1) is 10.2. The lowest BCUT2D eigenvalue weighted by atomic mass is 10.2. The van der Waals surface area contributed by atoms with Crippen LogP contribution in [-0.2, 0) is 0 Å². The van der Waals surface area contributed by atoms with Gasteiger partial charge in [-0.2, -0.15) is 5.26 Å². The number of hydrogen-bond acceptors (Lipinski definition) is 2. The number of pyridine rings is 1. The minimum absolute atomic E-state index is 0.0871. The summed E-state index contributed by atoms with van der Waals surface area (Å²) in [5.74, 6) is 0. The Kier molecular flexibility index (Phi) is 3.02. The molecule has 0 atom stereocenters. The second kappa shape index (κ2) is 3.86. The van der Waals surface area contributed by atoms with E-state index in [1.807, 2.05) is 0 Å². The maximum Gasteiger partial charge on any atom is 0.266 e. The highest BCUT2D eigenvalue weighted by Crippen LogP contribution is 2.28. The summed E-state index contributed by atoms with van der Waals surface area (Å²) in [6.45, 7) is 0. The summed E-state index contributed by atoms with van der Waals surface area (Å²) < 4.78 is 24.5. The Morgan fingerprint density at radius 1 is 1.46 bits per heavy atom. The molecule has 0 bridgehead atoms. The van der Waals surface area contributed by atoms with Crippen LogP contribution in [0.2, 0.25) is 10.2 Å². The number of rotatable bonds is 1. The third kappa shape index (κ3) is 2.06. The van der Waals surface area contributed by atoms with Gasteiger partial charge in [-0.05, 0) is 6.07 Å². The lowest BCUT2D eigenvalue weighted by molar-refractivity contribution is 0.150. The largest absolute Gasteiger partial charge is 0.266 e. The molecule has 1 aromatic heterocycles. The molecule has 0 saturated heterocycles. The molecule has 13 heavy (non-hydrogen) atoms. The van der Waals surface area contributed by atoms with Crippen molar-refractivity contribution in [2.45, 2.75) is 6.43 Å². The Labute approximate surface area is 82.7 Å². The lowest BCUT2D eigenvalue weighted by Gasteiger charge is -2.02. The molecule has 68 valence electrons. The van der Waals surface area contributed by atoms with Gasteiger partial charge in [0, 0.05) is 0 Å². The van der Waals surface area contributed by atoms with Gasteiger partial charge in [0.25, 0.3) is 6.43 Å². The topological polar surface area (TPSA) is 36.7 Å². The first-order valence-electron chi connectivity index (χ1n) is 3.10. The monoisotopic (exact) mass is 222 g/mol. The van der Waals surface area contributed by atoms with Crippen molar-refractivity contribution in [3.63, 3.8) is 0 Å². The third-order valence-electron chi connectivity index (χ3n) is 1.30. The van der Waals surface area contributed by atoms with E-state index >= 15 is 0 Å². The van der Waals surface area contributed by atoms with Gasteiger partial charge in [0.05, 0.1) is 10.6 Å². The summed E-state index contributed by atoms with van der Waals surface area (Å²) in [6, 6.07) is 2.46. The summed E-state index contributed by atoms with van der Waals surface area (Å²) in [7, 11) is 0. The van der Waals surface area contributed by atoms with Crippen LogP contribution in [0.15, 0.2) is 6.07 Å². The average molecular weight is 223 g/mol. The van der Waals surface area contributed by atoms with Gasteiger partial charge in [-0.1, -0.05) is 23.2 Å². The Morgan fingerprint density at radius 2 is 2.08 bits per heavy atom. The zero-order chi connectivity index (χ0) is 10.0. The van der Waals surface area contributed by atoms with Gasteiger partial charge < -0.3 is 0 Å². The normalized spacial score (nSPS) is 10.2. The average Bonchev–Trinajstić information content (AvgIpc) is 2.08. The van der Waals surface area contributed by atoms with Crippen LogP contribution in [0.3, 0.4) is 0 Å². The van der Waals surface area contributed by atoms with E-state index in [1.54, 1.807) is 0 Å². The van der Waals surface area contributed by atoms with Gasteiger partial charge in [0.1, 0.15) is 11.2 Å². The summed E-state index contributed by atoms with van der Waals surface area (Å²) in [6.07, 6.45) is -2.78. The van der Waals surface area contributed by atoms with Crippen molar-refractivity contribution in [1.82, 2.24) is 4.98 Å². The number of nitriles is 1. The molecule has 0 spiro atoms. The van der Waals surface area contributed by atoms with Crippen molar-refractivity contribution in [1.29, 1.82) is 5.26 Å². The van der Waals surface area contributed by atoms with Crippen molar-refractivity contribution < 1.29 is 8.78 Å². The molecule has 0 aliphatic heterocycles. The number of hydrogen-bond donors (Lipinski definition) is 0.